The number of thioether (sulfide) groups is 1. The molecular formula is C31H36ClF4NaO6S2Si. The molecule has 2 unspecified atom stereocenters. The minimum Gasteiger partial charge on any atom is -0.748 e. The Bertz CT molecular complexity index is 1520. The van der Waals surface area contributed by atoms with Crippen LogP contribution in [0.1, 0.15) is 54.2 Å². The van der Waals surface area contributed by atoms with E-state index in [2.05, 4.69) is 0 Å². The molecule has 0 spiro atoms. The third-order valence-electron chi connectivity index (χ3n) is 7.50. The van der Waals surface area contributed by atoms with Crippen LogP contribution in [0.15, 0.2) is 59.5 Å². The largest absolute Gasteiger partial charge is 1.00 e. The summed E-state index contributed by atoms with van der Waals surface area (Å²) in [4.78, 5) is -0.924. The average molecular weight is 733 g/mol. The van der Waals surface area contributed by atoms with E-state index in [0.29, 0.717) is 36.2 Å². The molecule has 0 saturated carbocycles. The fraction of sp³-hybridized carbons (Fsp3) is 0.419. The van der Waals surface area contributed by atoms with E-state index in [4.69, 9.17) is 26.2 Å². The van der Waals surface area contributed by atoms with Crippen molar-refractivity contribution in [3.05, 3.63) is 100 Å². The van der Waals surface area contributed by atoms with E-state index in [1.807, 2.05) is 24.3 Å². The van der Waals surface area contributed by atoms with Gasteiger partial charge < -0.3 is 17.8 Å². The van der Waals surface area contributed by atoms with E-state index in [1.54, 1.807) is 12.1 Å². The molecule has 46 heavy (non-hydrogen) atoms. The molecule has 0 aliphatic carbocycles. The summed E-state index contributed by atoms with van der Waals surface area (Å²) in [5.41, 5.74) is 1.64. The van der Waals surface area contributed by atoms with Crippen molar-refractivity contribution in [2.24, 2.45) is 0 Å². The molecule has 0 aromatic heterocycles. The van der Waals surface area contributed by atoms with Crippen LogP contribution in [-0.2, 0) is 36.2 Å². The molecule has 0 N–H and O–H groups in total. The predicted molar refractivity (Wildman–Crippen MR) is 169 cm³/mol. The Kier molecular flexibility index (Phi) is 16.5. The molecule has 3 aromatic carbocycles. The molecule has 0 aliphatic heterocycles. The van der Waals surface area contributed by atoms with Crippen molar-refractivity contribution < 1.29 is 74.7 Å². The minimum absolute atomic E-state index is 0. The summed E-state index contributed by atoms with van der Waals surface area (Å²) in [5, 5.41) is -0.784. The monoisotopic (exact) mass is 732 g/mol. The molecule has 3 aromatic rings. The number of hydrogen-bond donors (Lipinski definition) is 0. The first-order chi connectivity index (χ1) is 21.7. The zero-order valence-electron chi connectivity index (χ0n) is 27.1. The Labute approximate surface area is 302 Å². The summed E-state index contributed by atoms with van der Waals surface area (Å²) in [7, 11) is -2.70. The van der Waals surface area contributed by atoms with Crippen molar-refractivity contribution in [2.45, 2.75) is 54.3 Å². The molecule has 0 bridgehead atoms. The van der Waals surface area contributed by atoms with Crippen molar-refractivity contribution in [3.8, 4) is 0 Å². The number of rotatable bonds is 18. The fourth-order valence-electron chi connectivity index (χ4n) is 4.97. The van der Waals surface area contributed by atoms with Crippen LogP contribution in [0.4, 0.5) is 17.6 Å². The summed E-state index contributed by atoms with van der Waals surface area (Å²) >= 11 is 7.05. The van der Waals surface area contributed by atoms with Gasteiger partial charge in [0.05, 0.1) is 21.8 Å². The maximum atomic E-state index is 15.6. The fourth-order valence-corrected chi connectivity index (χ4v) is 8.64. The second kappa shape index (κ2) is 19.3. The van der Waals surface area contributed by atoms with Gasteiger partial charge in [0.25, 0.3) is 0 Å². The Morgan fingerprint density at radius 1 is 0.913 bits per heavy atom. The molecular weight excluding hydrogens is 695 g/mol. The molecule has 0 saturated heterocycles. The number of benzene rings is 3. The first kappa shape index (κ1) is 39.5. The van der Waals surface area contributed by atoms with Gasteiger partial charge in [-0.3, -0.25) is 0 Å². The normalized spacial score (nSPS) is 13.6. The van der Waals surface area contributed by atoms with Crippen molar-refractivity contribution in [1.29, 1.82) is 0 Å². The first-order valence-electron chi connectivity index (χ1n) is 14.6. The quantitative estimate of drug-likeness (QED) is 0.0354. The zero-order chi connectivity index (χ0) is 34.1. The Morgan fingerprint density at radius 3 is 1.93 bits per heavy atom. The van der Waals surface area contributed by atoms with Crippen LogP contribution in [0.2, 0.25) is 6.04 Å². The Balaban J connectivity index is 0.00000768. The topological polar surface area (TPSA) is 84.9 Å². The van der Waals surface area contributed by atoms with Crippen molar-refractivity contribution in [3.63, 3.8) is 0 Å². The van der Waals surface area contributed by atoms with Gasteiger partial charge in [-0.2, -0.15) is 0 Å². The molecule has 0 fully saturated rings. The standard InChI is InChI=1S/C31H37ClF4O6S2Si.Na/c1-40-45(41-2,42-3)19-16-22-12-10-21(11-13-22)14-15-24(20-25(32)23-8-5-4-6-9-23)26-27(33)29(35)31(30(36)28(26)34)43-17-7-18-44(37,38)39;/h4-6,8-13,24-25H,7,14-20H2,1-3H3,(H,37,38,39);/q;+1/p-1/i4T;. The van der Waals surface area contributed by atoms with Gasteiger partial charge >= 0.3 is 38.4 Å². The SMILES string of the molecule is [3H]c1ccc(C(Cl)CC(CCc2ccc(CC[Si](OC)(OC)OC)cc2)c2c(F)c(F)c(SCCCS(=O)(=O)[O-])c(F)c2F)cc1.[Na+]. The first-order valence-corrected chi connectivity index (χ1v) is 19.0. The van der Waals surface area contributed by atoms with E-state index in [9.17, 15) is 13.0 Å². The number of halogens is 5. The van der Waals surface area contributed by atoms with Crippen LogP contribution < -0.4 is 29.6 Å². The van der Waals surface area contributed by atoms with Crippen LogP contribution >= 0.6 is 23.4 Å². The summed E-state index contributed by atoms with van der Waals surface area (Å²) < 4.78 is 118. The third-order valence-corrected chi connectivity index (χ3v) is 12.6. The molecule has 248 valence electrons. The number of aryl methyl sites for hydroxylation is 2. The smallest absolute Gasteiger partial charge is 0.748 e. The van der Waals surface area contributed by atoms with Crippen LogP contribution in [-0.4, -0.2) is 54.6 Å². The van der Waals surface area contributed by atoms with E-state index in [1.165, 1.54) is 33.5 Å². The summed E-state index contributed by atoms with van der Waals surface area (Å²) in [6.45, 7) is 0. The molecule has 15 heteroatoms. The number of alkyl halides is 1. The van der Waals surface area contributed by atoms with Gasteiger partial charge in [0.2, 0.25) is 0 Å². The van der Waals surface area contributed by atoms with E-state index in [0.717, 1.165) is 11.1 Å². The van der Waals surface area contributed by atoms with Gasteiger partial charge in [0.1, 0.15) is 0 Å². The van der Waals surface area contributed by atoms with Gasteiger partial charge in [0.15, 0.2) is 23.3 Å². The summed E-state index contributed by atoms with van der Waals surface area (Å²) in [6.07, 6.45) is 0.736. The van der Waals surface area contributed by atoms with Gasteiger partial charge in [-0.25, -0.2) is 26.0 Å². The molecule has 3 rings (SSSR count). The second-order valence-corrected chi connectivity index (χ2v) is 16.6. The molecule has 0 aliphatic rings. The third kappa shape index (κ3) is 11.6. The predicted octanol–water partition coefficient (Wildman–Crippen LogP) is 4.78. The summed E-state index contributed by atoms with van der Waals surface area (Å²) in [5.74, 6) is -8.34. The van der Waals surface area contributed by atoms with Crippen LogP contribution in [0.25, 0.3) is 0 Å². The molecule has 0 heterocycles. The van der Waals surface area contributed by atoms with Gasteiger partial charge in [-0.15, -0.1) is 23.4 Å². The van der Waals surface area contributed by atoms with E-state index in [-0.39, 0.29) is 60.6 Å². The van der Waals surface area contributed by atoms with Crippen LogP contribution in [0.3, 0.4) is 0 Å². The molecule has 2 atom stereocenters. The molecule has 6 nitrogen and oxygen atoms in total. The molecule has 0 radical (unpaired) electrons. The molecule has 0 amide bonds. The number of hydrogen-bond acceptors (Lipinski definition) is 7. The second-order valence-electron chi connectivity index (χ2n) is 10.3. The van der Waals surface area contributed by atoms with E-state index >= 15 is 17.6 Å². The Hall–Kier alpha value is -0.973. The van der Waals surface area contributed by atoms with Gasteiger partial charge in [-0.1, -0.05) is 54.6 Å². The van der Waals surface area contributed by atoms with Gasteiger partial charge in [-0.05, 0) is 60.5 Å². The van der Waals surface area contributed by atoms with Gasteiger partial charge in [0, 0.05) is 38.7 Å². The Morgan fingerprint density at radius 2 is 1.43 bits per heavy atom. The van der Waals surface area contributed by atoms with Crippen molar-refractivity contribution >= 4 is 42.3 Å². The van der Waals surface area contributed by atoms with Crippen molar-refractivity contribution in [1.82, 2.24) is 0 Å². The minimum atomic E-state index is -4.55. The average Bonchev–Trinajstić information content (AvgIpc) is 3.03. The maximum absolute atomic E-state index is 15.6. The van der Waals surface area contributed by atoms with E-state index < -0.39 is 69.7 Å². The van der Waals surface area contributed by atoms with Crippen LogP contribution in [0, 0.1) is 23.3 Å². The summed E-state index contributed by atoms with van der Waals surface area (Å²) in [6, 6.07) is 14.6. The van der Waals surface area contributed by atoms with Crippen molar-refractivity contribution in [2.75, 3.05) is 32.8 Å². The zero-order valence-corrected chi connectivity index (χ0v) is 31.5. The maximum Gasteiger partial charge on any atom is 1.00 e. The van der Waals surface area contributed by atoms with Crippen LogP contribution in [0.5, 0.6) is 0 Å².